The highest BCUT2D eigenvalue weighted by molar-refractivity contribution is 7.89. The topological polar surface area (TPSA) is 80.8 Å². The van der Waals surface area contributed by atoms with E-state index in [0.717, 1.165) is 37.8 Å². The Kier molecular flexibility index (Phi) is 6.99. The van der Waals surface area contributed by atoms with Gasteiger partial charge in [-0.2, -0.15) is 4.31 Å². The summed E-state index contributed by atoms with van der Waals surface area (Å²) >= 11 is 0. The lowest BCUT2D eigenvalue weighted by Crippen LogP contribution is -2.32. The van der Waals surface area contributed by atoms with Gasteiger partial charge in [0, 0.05) is 18.7 Å². The molecule has 0 radical (unpaired) electrons. The van der Waals surface area contributed by atoms with Crippen LogP contribution in [0.2, 0.25) is 0 Å². The number of hydrogen-bond donors (Lipinski definition) is 0. The van der Waals surface area contributed by atoms with E-state index in [0.29, 0.717) is 13.1 Å². The summed E-state index contributed by atoms with van der Waals surface area (Å²) in [7, 11) is -3.61. The number of hydrogen-bond acceptors (Lipinski definition) is 5. The fraction of sp³-hybridized carbons (Fsp3) is 0.364. The van der Waals surface area contributed by atoms with E-state index in [9.17, 15) is 22.4 Å². The van der Waals surface area contributed by atoms with Crippen LogP contribution < -0.4 is 0 Å². The molecule has 0 N–H and O–H groups in total. The maximum atomic E-state index is 13.0. The highest BCUT2D eigenvalue weighted by Gasteiger charge is 2.26. The van der Waals surface area contributed by atoms with Crippen molar-refractivity contribution in [2.24, 2.45) is 0 Å². The van der Waals surface area contributed by atoms with Crippen molar-refractivity contribution in [2.45, 2.75) is 43.6 Å². The molecule has 1 aliphatic heterocycles. The van der Waals surface area contributed by atoms with Gasteiger partial charge >= 0.3 is 5.97 Å². The summed E-state index contributed by atoms with van der Waals surface area (Å²) in [6.45, 7) is 2.42. The molecule has 160 valence electrons. The molecule has 0 amide bonds. The van der Waals surface area contributed by atoms with Crippen molar-refractivity contribution in [1.82, 2.24) is 4.31 Å². The van der Waals surface area contributed by atoms with Crippen molar-refractivity contribution in [3.05, 3.63) is 65.5 Å². The van der Waals surface area contributed by atoms with Crippen LogP contribution in [0.5, 0.6) is 0 Å². The van der Waals surface area contributed by atoms with Crippen molar-refractivity contribution in [1.29, 1.82) is 0 Å². The minimum atomic E-state index is -3.61. The second-order valence-corrected chi connectivity index (χ2v) is 9.20. The molecule has 1 aliphatic rings. The van der Waals surface area contributed by atoms with Crippen LogP contribution in [0.4, 0.5) is 4.39 Å². The van der Waals surface area contributed by atoms with Gasteiger partial charge in [0.1, 0.15) is 5.82 Å². The van der Waals surface area contributed by atoms with Gasteiger partial charge in [0.15, 0.2) is 6.10 Å². The van der Waals surface area contributed by atoms with Gasteiger partial charge in [-0.05, 0) is 68.3 Å². The van der Waals surface area contributed by atoms with Gasteiger partial charge in [-0.3, -0.25) is 4.79 Å². The highest BCUT2D eigenvalue weighted by atomic mass is 32.2. The molecule has 0 aromatic heterocycles. The number of carbonyl (C=O) groups is 2. The second kappa shape index (κ2) is 9.49. The third-order valence-electron chi connectivity index (χ3n) is 5.07. The van der Waals surface area contributed by atoms with Gasteiger partial charge < -0.3 is 4.74 Å². The predicted octanol–water partition coefficient (Wildman–Crippen LogP) is 3.82. The van der Waals surface area contributed by atoms with Crippen LogP contribution in [-0.4, -0.2) is 43.7 Å². The molecule has 0 bridgehead atoms. The quantitative estimate of drug-likeness (QED) is 0.511. The Labute approximate surface area is 175 Å². The normalized spacial score (nSPS) is 16.5. The summed E-state index contributed by atoms with van der Waals surface area (Å²) in [6.07, 6.45) is 2.65. The van der Waals surface area contributed by atoms with Gasteiger partial charge in [-0.25, -0.2) is 17.6 Å². The van der Waals surface area contributed by atoms with Crippen LogP contribution in [-0.2, 0) is 14.8 Å². The zero-order chi connectivity index (χ0) is 21.7. The van der Waals surface area contributed by atoms with Crippen LogP contribution in [0.1, 0.15) is 53.3 Å². The van der Waals surface area contributed by atoms with Crippen molar-refractivity contribution >= 4 is 21.8 Å². The maximum Gasteiger partial charge on any atom is 0.338 e. The number of esters is 1. The molecule has 3 rings (SSSR count). The Hall–Kier alpha value is -2.58. The van der Waals surface area contributed by atoms with E-state index in [2.05, 4.69) is 0 Å². The number of Topliss-reactive ketones (excluding diaryl/α,β-unsaturated/α-hetero) is 1. The number of sulfonamides is 1. The van der Waals surface area contributed by atoms with Crippen LogP contribution in [0.15, 0.2) is 53.4 Å². The number of rotatable bonds is 6. The molecule has 1 saturated heterocycles. The van der Waals surface area contributed by atoms with Crippen LogP contribution >= 0.6 is 0 Å². The van der Waals surface area contributed by atoms with E-state index in [-0.39, 0.29) is 16.0 Å². The first-order valence-electron chi connectivity index (χ1n) is 9.90. The van der Waals surface area contributed by atoms with E-state index < -0.39 is 33.7 Å². The minimum absolute atomic E-state index is 0.122. The first-order valence-corrected chi connectivity index (χ1v) is 11.3. The molecular weight excluding hydrogens is 409 g/mol. The fourth-order valence-corrected chi connectivity index (χ4v) is 4.84. The molecule has 6 nitrogen and oxygen atoms in total. The lowest BCUT2D eigenvalue weighted by Gasteiger charge is -2.20. The number of ketones is 1. The maximum absolute atomic E-state index is 13.0. The third kappa shape index (κ3) is 5.12. The van der Waals surface area contributed by atoms with Gasteiger partial charge in [-0.15, -0.1) is 0 Å². The molecule has 1 unspecified atom stereocenters. The zero-order valence-electron chi connectivity index (χ0n) is 16.7. The molecule has 1 atom stereocenters. The van der Waals surface area contributed by atoms with Crippen molar-refractivity contribution in [2.75, 3.05) is 13.1 Å². The number of nitrogens with zero attached hydrogens (tertiary/aromatic N) is 1. The number of benzene rings is 2. The average molecular weight is 434 g/mol. The Bertz CT molecular complexity index is 995. The summed E-state index contributed by atoms with van der Waals surface area (Å²) in [6, 6.07) is 10.5. The molecule has 30 heavy (non-hydrogen) atoms. The van der Waals surface area contributed by atoms with E-state index in [1.54, 1.807) is 0 Å². The monoisotopic (exact) mass is 433 g/mol. The minimum Gasteiger partial charge on any atom is -0.451 e. The molecule has 0 spiro atoms. The van der Waals surface area contributed by atoms with Gasteiger partial charge in [0.25, 0.3) is 0 Å². The van der Waals surface area contributed by atoms with Gasteiger partial charge in [0.2, 0.25) is 15.8 Å². The molecule has 1 fully saturated rings. The number of carbonyl (C=O) groups excluding carboxylic acids is 2. The Balaban J connectivity index is 1.67. The Morgan fingerprint density at radius 1 is 0.900 bits per heavy atom. The molecule has 0 saturated carbocycles. The summed E-state index contributed by atoms with van der Waals surface area (Å²) < 4.78 is 45.3. The molecule has 1 heterocycles. The average Bonchev–Trinajstić information content (AvgIpc) is 3.04. The standard InChI is InChI=1S/C22H24FNO5S/c1-16(21(25)17-6-10-19(23)11-7-17)29-22(26)18-8-12-20(13-9-18)30(27,28)24-14-4-2-3-5-15-24/h6-13,16H,2-5,14-15H2,1H3. The first kappa shape index (κ1) is 22.1. The van der Waals surface area contributed by atoms with Crippen molar-refractivity contribution in [3.63, 3.8) is 0 Å². The number of halogens is 1. The summed E-state index contributed by atoms with van der Waals surface area (Å²) in [5.74, 6) is -1.66. The van der Waals surface area contributed by atoms with Crippen molar-refractivity contribution < 1.29 is 27.1 Å². The third-order valence-corrected chi connectivity index (χ3v) is 6.99. The molecule has 0 aliphatic carbocycles. The van der Waals surface area contributed by atoms with Crippen LogP contribution in [0, 0.1) is 5.82 Å². The lowest BCUT2D eigenvalue weighted by molar-refractivity contribution is 0.0318. The largest absolute Gasteiger partial charge is 0.451 e. The molecule has 2 aromatic rings. The summed E-state index contributed by atoms with van der Waals surface area (Å²) in [5, 5.41) is 0. The van der Waals surface area contributed by atoms with E-state index in [4.69, 9.17) is 4.74 Å². The second-order valence-electron chi connectivity index (χ2n) is 7.26. The molecule has 8 heteroatoms. The van der Waals surface area contributed by atoms with Gasteiger partial charge in [0.05, 0.1) is 10.5 Å². The lowest BCUT2D eigenvalue weighted by atomic mass is 10.1. The highest BCUT2D eigenvalue weighted by Crippen LogP contribution is 2.21. The van der Waals surface area contributed by atoms with Crippen molar-refractivity contribution in [3.8, 4) is 0 Å². The predicted molar refractivity (Wildman–Crippen MR) is 109 cm³/mol. The SMILES string of the molecule is CC(OC(=O)c1ccc(S(=O)(=O)N2CCCCCC2)cc1)C(=O)c1ccc(F)cc1. The van der Waals surface area contributed by atoms with Crippen LogP contribution in [0.25, 0.3) is 0 Å². The van der Waals surface area contributed by atoms with Crippen LogP contribution in [0.3, 0.4) is 0 Å². The fourth-order valence-electron chi connectivity index (χ4n) is 3.33. The number of ether oxygens (including phenoxy) is 1. The summed E-state index contributed by atoms with van der Waals surface area (Å²) in [5.41, 5.74) is 0.374. The zero-order valence-corrected chi connectivity index (χ0v) is 17.5. The summed E-state index contributed by atoms with van der Waals surface area (Å²) in [4.78, 5) is 24.8. The smallest absolute Gasteiger partial charge is 0.338 e. The van der Waals surface area contributed by atoms with Gasteiger partial charge in [-0.1, -0.05) is 12.8 Å². The van der Waals surface area contributed by atoms with E-state index in [1.165, 1.54) is 47.6 Å². The Morgan fingerprint density at radius 3 is 2.00 bits per heavy atom. The molecular formula is C22H24FNO5S. The van der Waals surface area contributed by atoms with E-state index >= 15 is 0 Å². The molecule has 2 aromatic carbocycles. The Morgan fingerprint density at radius 2 is 1.43 bits per heavy atom. The first-order chi connectivity index (χ1) is 14.3. The van der Waals surface area contributed by atoms with E-state index in [1.807, 2.05) is 0 Å².